The van der Waals surface area contributed by atoms with E-state index in [9.17, 15) is 0 Å². The van der Waals surface area contributed by atoms with Gasteiger partial charge in [-0.05, 0) is 24.6 Å². The molecule has 1 aromatic carbocycles. The molecule has 0 radical (unpaired) electrons. The third-order valence-electron chi connectivity index (χ3n) is 2.95. The van der Waals surface area contributed by atoms with Gasteiger partial charge in [0.15, 0.2) is 11.5 Å². The molecule has 2 heterocycles. The minimum absolute atomic E-state index is 0.0257. The predicted octanol–water partition coefficient (Wildman–Crippen LogP) is 2.95. The highest BCUT2D eigenvalue weighted by Gasteiger charge is 2.16. The number of aromatic nitrogens is 1. The number of benzene rings is 1. The van der Waals surface area contributed by atoms with Crippen molar-refractivity contribution in [2.45, 2.75) is 19.4 Å². The summed E-state index contributed by atoms with van der Waals surface area (Å²) in [6.07, 6.45) is 0.897. The quantitative estimate of drug-likeness (QED) is 0.924. The normalized spacial score (nSPS) is 14.8. The summed E-state index contributed by atoms with van der Waals surface area (Å²) in [7, 11) is 0. The van der Waals surface area contributed by atoms with Crippen LogP contribution >= 0.6 is 11.3 Å². The van der Waals surface area contributed by atoms with Crippen molar-refractivity contribution >= 4 is 11.3 Å². The van der Waals surface area contributed by atoms with Gasteiger partial charge in [0.25, 0.3) is 0 Å². The second-order valence-electron chi connectivity index (χ2n) is 4.15. The molecule has 1 unspecified atom stereocenters. The number of nitrogens with two attached hydrogens (primary N) is 1. The van der Waals surface area contributed by atoms with Gasteiger partial charge in [0.2, 0.25) is 6.79 Å². The van der Waals surface area contributed by atoms with Crippen molar-refractivity contribution in [1.29, 1.82) is 0 Å². The van der Waals surface area contributed by atoms with Crippen molar-refractivity contribution in [3.8, 4) is 22.8 Å². The SMILES string of the molecule is CCC(N)c1nc(-c2ccc3c(c2)OCO3)cs1. The Morgan fingerprint density at radius 2 is 2.22 bits per heavy atom. The van der Waals surface area contributed by atoms with E-state index in [2.05, 4.69) is 11.9 Å². The average Bonchev–Trinajstić information content (AvgIpc) is 3.05. The summed E-state index contributed by atoms with van der Waals surface area (Å²) in [6.45, 7) is 2.36. The maximum Gasteiger partial charge on any atom is 0.231 e. The Bertz CT molecular complexity index is 568. The number of thiazole rings is 1. The molecule has 94 valence electrons. The monoisotopic (exact) mass is 262 g/mol. The van der Waals surface area contributed by atoms with Crippen molar-refractivity contribution in [3.63, 3.8) is 0 Å². The zero-order valence-corrected chi connectivity index (χ0v) is 10.9. The van der Waals surface area contributed by atoms with Crippen LogP contribution in [0.25, 0.3) is 11.3 Å². The second-order valence-corrected chi connectivity index (χ2v) is 5.04. The maximum atomic E-state index is 5.98. The highest BCUT2D eigenvalue weighted by Crippen LogP contribution is 2.36. The van der Waals surface area contributed by atoms with E-state index >= 15 is 0 Å². The lowest BCUT2D eigenvalue weighted by molar-refractivity contribution is 0.174. The lowest BCUT2D eigenvalue weighted by Gasteiger charge is -2.03. The van der Waals surface area contributed by atoms with Gasteiger partial charge in [-0.15, -0.1) is 11.3 Å². The molecule has 1 aromatic heterocycles. The van der Waals surface area contributed by atoms with Crippen molar-refractivity contribution < 1.29 is 9.47 Å². The summed E-state index contributed by atoms with van der Waals surface area (Å²) in [5.41, 5.74) is 7.95. The third-order valence-corrected chi connectivity index (χ3v) is 3.92. The summed E-state index contributed by atoms with van der Waals surface area (Å²) < 4.78 is 10.7. The lowest BCUT2D eigenvalue weighted by atomic mass is 10.1. The molecule has 2 N–H and O–H groups in total. The molecular weight excluding hydrogens is 248 g/mol. The number of ether oxygens (including phenoxy) is 2. The molecule has 0 spiro atoms. The topological polar surface area (TPSA) is 57.4 Å². The highest BCUT2D eigenvalue weighted by atomic mass is 32.1. The Morgan fingerprint density at radius 1 is 1.39 bits per heavy atom. The van der Waals surface area contributed by atoms with E-state index in [0.29, 0.717) is 6.79 Å². The fourth-order valence-corrected chi connectivity index (χ4v) is 2.73. The summed E-state index contributed by atoms with van der Waals surface area (Å²) >= 11 is 1.60. The van der Waals surface area contributed by atoms with E-state index in [1.54, 1.807) is 11.3 Å². The number of fused-ring (bicyclic) bond motifs is 1. The number of hydrogen-bond acceptors (Lipinski definition) is 5. The first-order valence-corrected chi connectivity index (χ1v) is 6.77. The Morgan fingerprint density at radius 3 is 3.06 bits per heavy atom. The first kappa shape index (κ1) is 11.5. The van der Waals surface area contributed by atoms with Gasteiger partial charge < -0.3 is 15.2 Å². The van der Waals surface area contributed by atoms with E-state index < -0.39 is 0 Å². The van der Waals surface area contributed by atoms with Crippen LogP contribution in [0.2, 0.25) is 0 Å². The van der Waals surface area contributed by atoms with E-state index in [0.717, 1.165) is 34.2 Å². The molecule has 2 aromatic rings. The van der Waals surface area contributed by atoms with Crippen LogP contribution in [0.5, 0.6) is 11.5 Å². The summed E-state index contributed by atoms with van der Waals surface area (Å²) in [5, 5.41) is 3.01. The van der Waals surface area contributed by atoms with Crippen molar-refractivity contribution in [2.24, 2.45) is 5.73 Å². The molecule has 4 nitrogen and oxygen atoms in total. The summed E-state index contributed by atoms with van der Waals surface area (Å²) in [6, 6.07) is 5.89. The van der Waals surface area contributed by atoms with Crippen LogP contribution < -0.4 is 15.2 Å². The van der Waals surface area contributed by atoms with Crippen LogP contribution in [-0.4, -0.2) is 11.8 Å². The second kappa shape index (κ2) is 4.59. The Balaban J connectivity index is 1.92. The van der Waals surface area contributed by atoms with Crippen LogP contribution in [0.15, 0.2) is 23.6 Å². The average molecular weight is 262 g/mol. The molecule has 0 saturated carbocycles. The van der Waals surface area contributed by atoms with Crippen LogP contribution in [0.4, 0.5) is 0 Å². The highest BCUT2D eigenvalue weighted by molar-refractivity contribution is 7.10. The molecule has 0 bridgehead atoms. The Hall–Kier alpha value is -1.59. The van der Waals surface area contributed by atoms with E-state index in [-0.39, 0.29) is 6.04 Å². The zero-order chi connectivity index (χ0) is 12.5. The van der Waals surface area contributed by atoms with Crippen LogP contribution in [0, 0.1) is 0 Å². The first-order chi connectivity index (χ1) is 8.78. The molecule has 1 atom stereocenters. The molecule has 0 fully saturated rings. The molecule has 1 aliphatic rings. The van der Waals surface area contributed by atoms with Gasteiger partial charge in [-0.2, -0.15) is 0 Å². The van der Waals surface area contributed by atoms with E-state index in [1.807, 2.05) is 23.6 Å². The molecule has 18 heavy (non-hydrogen) atoms. The molecule has 3 rings (SSSR count). The minimum Gasteiger partial charge on any atom is -0.454 e. The molecule has 0 amide bonds. The van der Waals surface area contributed by atoms with Gasteiger partial charge in [0.05, 0.1) is 11.7 Å². The van der Waals surface area contributed by atoms with Crippen LogP contribution in [0.1, 0.15) is 24.4 Å². The van der Waals surface area contributed by atoms with Crippen molar-refractivity contribution in [3.05, 3.63) is 28.6 Å². The van der Waals surface area contributed by atoms with Crippen molar-refractivity contribution in [1.82, 2.24) is 4.98 Å². The first-order valence-electron chi connectivity index (χ1n) is 5.89. The summed E-state index contributed by atoms with van der Waals surface area (Å²) in [5.74, 6) is 1.57. The molecular formula is C13H14N2O2S. The number of rotatable bonds is 3. The smallest absolute Gasteiger partial charge is 0.231 e. The van der Waals surface area contributed by atoms with Gasteiger partial charge in [0, 0.05) is 10.9 Å². The maximum absolute atomic E-state index is 5.98. The standard InChI is InChI=1S/C13H14N2O2S/c1-2-9(14)13-15-10(6-18-13)8-3-4-11-12(5-8)17-7-16-11/h3-6,9H,2,7,14H2,1H3. The zero-order valence-electron chi connectivity index (χ0n) is 10.1. The van der Waals surface area contributed by atoms with Gasteiger partial charge in [-0.1, -0.05) is 6.92 Å². The number of nitrogens with zero attached hydrogens (tertiary/aromatic N) is 1. The lowest BCUT2D eigenvalue weighted by Crippen LogP contribution is -2.07. The molecule has 1 aliphatic heterocycles. The Labute approximate surface area is 109 Å². The fourth-order valence-electron chi connectivity index (χ4n) is 1.82. The van der Waals surface area contributed by atoms with E-state index in [1.165, 1.54) is 0 Å². The van der Waals surface area contributed by atoms with Gasteiger partial charge in [-0.25, -0.2) is 4.98 Å². The minimum atomic E-state index is 0.0257. The van der Waals surface area contributed by atoms with Crippen LogP contribution in [-0.2, 0) is 0 Å². The molecule has 0 aliphatic carbocycles. The largest absolute Gasteiger partial charge is 0.454 e. The van der Waals surface area contributed by atoms with Gasteiger partial charge in [0.1, 0.15) is 5.01 Å². The van der Waals surface area contributed by atoms with Gasteiger partial charge >= 0.3 is 0 Å². The summed E-state index contributed by atoms with van der Waals surface area (Å²) in [4.78, 5) is 4.57. The van der Waals surface area contributed by atoms with E-state index in [4.69, 9.17) is 15.2 Å². The Kier molecular flexibility index (Phi) is 2.93. The fraction of sp³-hybridized carbons (Fsp3) is 0.308. The molecule has 0 saturated heterocycles. The van der Waals surface area contributed by atoms with Gasteiger partial charge in [-0.3, -0.25) is 0 Å². The van der Waals surface area contributed by atoms with Crippen molar-refractivity contribution in [2.75, 3.05) is 6.79 Å². The third kappa shape index (κ3) is 1.95. The number of hydrogen-bond donors (Lipinski definition) is 1. The van der Waals surface area contributed by atoms with Crippen LogP contribution in [0.3, 0.4) is 0 Å². The molecule has 5 heteroatoms. The predicted molar refractivity (Wildman–Crippen MR) is 70.9 cm³/mol.